The molecule has 27 heavy (non-hydrogen) atoms. The van der Waals surface area contributed by atoms with Gasteiger partial charge in [0.05, 0.1) is 18.1 Å². The summed E-state index contributed by atoms with van der Waals surface area (Å²) in [5, 5.41) is 18.1. The van der Waals surface area contributed by atoms with E-state index in [1.54, 1.807) is 6.07 Å². The van der Waals surface area contributed by atoms with Gasteiger partial charge in [0.25, 0.3) is 0 Å². The number of benzene rings is 3. The highest BCUT2D eigenvalue weighted by Gasteiger charge is 2.00. The molecule has 124 valence electrons. The maximum Gasteiger partial charge on any atom is 0.100 e. The van der Waals surface area contributed by atoms with Gasteiger partial charge in [0.1, 0.15) is 6.07 Å². The highest BCUT2D eigenvalue weighted by atomic mass is 14.2. The van der Waals surface area contributed by atoms with Crippen LogP contribution in [0.2, 0.25) is 0 Å². The second kappa shape index (κ2) is 8.74. The third-order valence-corrected chi connectivity index (χ3v) is 3.93. The summed E-state index contributed by atoms with van der Waals surface area (Å²) < 4.78 is 0. The molecule has 3 rings (SSSR count). The van der Waals surface area contributed by atoms with E-state index < -0.39 is 0 Å². The zero-order valence-corrected chi connectivity index (χ0v) is 14.5. The monoisotopic (exact) mass is 342 g/mol. The summed E-state index contributed by atoms with van der Waals surface area (Å²) in [6, 6.07) is 26.9. The molecule has 0 saturated heterocycles. The quantitative estimate of drug-likeness (QED) is 0.615. The van der Waals surface area contributed by atoms with Gasteiger partial charge < -0.3 is 0 Å². The fourth-order valence-electron chi connectivity index (χ4n) is 2.54. The van der Waals surface area contributed by atoms with Gasteiger partial charge in [-0.05, 0) is 35.9 Å². The number of nitrogens with zero attached hydrogens (tertiary/aromatic N) is 2. The minimum atomic E-state index is 0.331. The summed E-state index contributed by atoms with van der Waals surface area (Å²) >= 11 is 0. The first kappa shape index (κ1) is 17.6. The lowest BCUT2D eigenvalue weighted by atomic mass is 10.0. The fourth-order valence-corrected chi connectivity index (χ4v) is 2.54. The van der Waals surface area contributed by atoms with Gasteiger partial charge in [-0.15, -0.1) is 0 Å². The number of hydrogen-bond acceptors (Lipinski definition) is 2. The van der Waals surface area contributed by atoms with Gasteiger partial charge in [-0.2, -0.15) is 10.5 Å². The van der Waals surface area contributed by atoms with Crippen LogP contribution in [0.3, 0.4) is 0 Å². The van der Waals surface area contributed by atoms with Crippen molar-refractivity contribution in [3.05, 3.63) is 106 Å². The van der Waals surface area contributed by atoms with Crippen molar-refractivity contribution in [2.75, 3.05) is 0 Å². The van der Waals surface area contributed by atoms with E-state index in [0.717, 1.165) is 22.3 Å². The molecule has 0 saturated carbocycles. The van der Waals surface area contributed by atoms with Gasteiger partial charge in [0.15, 0.2) is 0 Å². The lowest BCUT2D eigenvalue weighted by Crippen LogP contribution is -1.88. The Kier molecular flexibility index (Phi) is 5.69. The highest BCUT2D eigenvalue weighted by Crippen LogP contribution is 2.11. The van der Waals surface area contributed by atoms with Crippen LogP contribution in [-0.4, -0.2) is 0 Å². The Balaban J connectivity index is 1.98. The molecule has 0 aliphatic rings. The van der Waals surface area contributed by atoms with E-state index in [-0.39, 0.29) is 0 Å². The normalized spacial score (nSPS) is 8.96. The van der Waals surface area contributed by atoms with Crippen molar-refractivity contribution in [1.29, 1.82) is 10.5 Å². The van der Waals surface area contributed by atoms with Crippen LogP contribution < -0.4 is 0 Å². The molecular weight excluding hydrogens is 328 g/mol. The van der Waals surface area contributed by atoms with Crippen LogP contribution >= 0.6 is 0 Å². The Morgan fingerprint density at radius 3 is 1.44 bits per heavy atom. The maximum absolute atomic E-state index is 9.19. The van der Waals surface area contributed by atoms with E-state index in [9.17, 15) is 5.26 Å². The van der Waals surface area contributed by atoms with Crippen molar-refractivity contribution in [2.45, 2.75) is 6.42 Å². The summed E-state index contributed by atoms with van der Waals surface area (Å²) in [7, 11) is 0. The number of hydrogen-bond donors (Lipinski definition) is 0. The first-order valence-electron chi connectivity index (χ1n) is 8.39. The molecule has 0 unspecified atom stereocenters. The molecule has 2 heteroatoms. The highest BCUT2D eigenvalue weighted by molar-refractivity contribution is 5.57. The zero-order chi connectivity index (χ0) is 18.9. The van der Waals surface area contributed by atoms with E-state index in [1.807, 2.05) is 66.7 Å². The molecule has 0 aliphatic heterocycles. The molecule has 3 aromatic carbocycles. The average Bonchev–Trinajstić information content (AvgIpc) is 2.72. The molecule has 0 fully saturated rings. The minimum Gasteiger partial charge on any atom is -0.198 e. The Morgan fingerprint density at radius 1 is 0.519 bits per heavy atom. The summed E-state index contributed by atoms with van der Waals surface area (Å²) in [6.45, 7) is 0. The summed E-state index contributed by atoms with van der Waals surface area (Å²) in [6.07, 6.45) is 0.331. The van der Waals surface area contributed by atoms with E-state index >= 15 is 0 Å². The first-order valence-corrected chi connectivity index (χ1v) is 8.39. The van der Waals surface area contributed by atoms with Crippen LogP contribution in [0, 0.1) is 46.3 Å². The molecule has 0 aromatic heterocycles. The third-order valence-electron chi connectivity index (χ3n) is 3.93. The summed E-state index contributed by atoms with van der Waals surface area (Å²) in [4.78, 5) is 0. The second-order valence-electron chi connectivity index (χ2n) is 5.70. The van der Waals surface area contributed by atoms with Crippen molar-refractivity contribution in [1.82, 2.24) is 0 Å². The molecule has 0 spiro atoms. The van der Waals surface area contributed by atoms with Crippen LogP contribution in [-0.2, 0) is 6.42 Å². The van der Waals surface area contributed by atoms with Gasteiger partial charge in [0.2, 0.25) is 0 Å². The molecular formula is C25H14N2. The molecule has 3 aromatic rings. The van der Waals surface area contributed by atoms with Gasteiger partial charge in [0, 0.05) is 22.3 Å². The van der Waals surface area contributed by atoms with Crippen LogP contribution in [0.5, 0.6) is 0 Å². The molecule has 0 amide bonds. The molecule has 0 radical (unpaired) electrons. The Labute approximate surface area is 159 Å². The van der Waals surface area contributed by atoms with E-state index in [0.29, 0.717) is 17.5 Å². The van der Waals surface area contributed by atoms with Crippen molar-refractivity contribution >= 4 is 0 Å². The van der Waals surface area contributed by atoms with Gasteiger partial charge >= 0.3 is 0 Å². The van der Waals surface area contributed by atoms with Crippen LogP contribution in [0.1, 0.15) is 33.4 Å². The standard InChI is InChI=1S/C25H14N2/c26-18-17-24-11-4-3-9-22(24)14-13-20-7-1-2-8-21(20)15-16-23-10-5-6-12-25(23)19-27/h1-12H,17H2. The average molecular weight is 342 g/mol. The molecule has 0 atom stereocenters. The maximum atomic E-state index is 9.19. The molecule has 2 nitrogen and oxygen atoms in total. The predicted octanol–water partition coefficient (Wildman–Crippen LogP) is 4.42. The minimum absolute atomic E-state index is 0.331. The van der Waals surface area contributed by atoms with Crippen molar-refractivity contribution in [3.8, 4) is 35.8 Å². The van der Waals surface area contributed by atoms with Crippen molar-refractivity contribution in [2.24, 2.45) is 0 Å². The first-order chi connectivity index (χ1) is 13.3. The lowest BCUT2D eigenvalue weighted by Gasteiger charge is -1.99. The van der Waals surface area contributed by atoms with Crippen molar-refractivity contribution < 1.29 is 0 Å². The second-order valence-corrected chi connectivity index (χ2v) is 5.70. The topological polar surface area (TPSA) is 47.6 Å². The molecule has 0 N–H and O–H groups in total. The Morgan fingerprint density at radius 2 is 0.926 bits per heavy atom. The Bertz CT molecular complexity index is 1180. The van der Waals surface area contributed by atoms with E-state index in [2.05, 4.69) is 35.8 Å². The number of rotatable bonds is 1. The van der Waals surface area contributed by atoms with Crippen molar-refractivity contribution in [3.63, 3.8) is 0 Å². The van der Waals surface area contributed by atoms with Gasteiger partial charge in [-0.1, -0.05) is 66.1 Å². The SMILES string of the molecule is N#CCc1ccccc1C#Cc1ccccc1C#Cc1ccccc1C#N. The lowest BCUT2D eigenvalue weighted by molar-refractivity contribution is 1.25. The fraction of sp³-hybridized carbons (Fsp3) is 0.0400. The van der Waals surface area contributed by atoms with Gasteiger partial charge in [-0.25, -0.2) is 0 Å². The molecule has 0 aliphatic carbocycles. The zero-order valence-electron chi connectivity index (χ0n) is 14.5. The van der Waals surface area contributed by atoms with E-state index in [1.165, 1.54) is 0 Å². The van der Waals surface area contributed by atoms with Crippen LogP contribution in [0.4, 0.5) is 0 Å². The van der Waals surface area contributed by atoms with E-state index in [4.69, 9.17) is 5.26 Å². The largest absolute Gasteiger partial charge is 0.198 e. The van der Waals surface area contributed by atoms with Crippen LogP contribution in [0.15, 0.2) is 72.8 Å². The summed E-state index contributed by atoms with van der Waals surface area (Å²) in [5.41, 5.74) is 4.62. The third kappa shape index (κ3) is 4.44. The summed E-state index contributed by atoms with van der Waals surface area (Å²) in [5.74, 6) is 12.5. The Hall–Kier alpha value is -4.24. The van der Waals surface area contributed by atoms with Crippen LogP contribution in [0.25, 0.3) is 0 Å². The molecule has 0 heterocycles. The smallest absolute Gasteiger partial charge is 0.100 e. The van der Waals surface area contributed by atoms with Gasteiger partial charge in [-0.3, -0.25) is 0 Å². The number of nitriles is 2. The molecule has 0 bridgehead atoms. The predicted molar refractivity (Wildman–Crippen MR) is 105 cm³/mol.